The van der Waals surface area contributed by atoms with Gasteiger partial charge in [0.05, 0.1) is 12.5 Å². The summed E-state index contributed by atoms with van der Waals surface area (Å²) < 4.78 is 5.78. The van der Waals surface area contributed by atoms with Crippen molar-refractivity contribution in [3.8, 4) is 5.75 Å². The number of aliphatic hydroxyl groups is 2. The van der Waals surface area contributed by atoms with Crippen molar-refractivity contribution in [2.75, 3.05) is 6.54 Å². The molecule has 3 rings (SSSR count). The third-order valence-corrected chi connectivity index (χ3v) is 6.87. The van der Waals surface area contributed by atoms with Crippen molar-refractivity contribution in [2.24, 2.45) is 5.92 Å². The smallest absolute Gasteiger partial charge is 0.337 e. The van der Waals surface area contributed by atoms with E-state index in [1.807, 2.05) is 50.2 Å². The normalized spacial score (nSPS) is 12.7. The van der Waals surface area contributed by atoms with Gasteiger partial charge in [0.1, 0.15) is 5.75 Å². The fourth-order valence-corrected chi connectivity index (χ4v) is 4.64. The second-order valence-electron chi connectivity index (χ2n) is 10.9. The van der Waals surface area contributed by atoms with Gasteiger partial charge in [-0.2, -0.15) is 0 Å². The van der Waals surface area contributed by atoms with Gasteiger partial charge in [-0.25, -0.2) is 4.79 Å². The Morgan fingerprint density at radius 1 is 0.805 bits per heavy atom. The number of benzene rings is 3. The lowest BCUT2D eigenvalue weighted by molar-refractivity contribution is -0.147. The van der Waals surface area contributed by atoms with Gasteiger partial charge in [-0.15, -0.1) is 0 Å². The molecule has 0 aromatic heterocycles. The maximum absolute atomic E-state index is 12.3. The van der Waals surface area contributed by atoms with Gasteiger partial charge in [0.2, 0.25) is 0 Å². The molecule has 7 heteroatoms. The van der Waals surface area contributed by atoms with Crippen molar-refractivity contribution in [2.45, 2.75) is 78.7 Å². The van der Waals surface area contributed by atoms with Crippen LogP contribution in [0.4, 0.5) is 0 Å². The lowest BCUT2D eigenvalue weighted by atomic mass is 9.86. The topological polar surface area (TPSA) is 107 Å². The molecule has 0 aliphatic rings. The first kappa shape index (κ1) is 33.7. The van der Waals surface area contributed by atoms with Gasteiger partial charge in [0, 0.05) is 23.6 Å². The standard InChI is InChI=1S/C26H37NO3.C8H8O3/c1-18(2)26(29)30-25-13-12-21(17-28)16-24(25)23(22-10-8-7-9-11-22)14-15-27(19(3)4)20(5)6;9-7(8(10)11)6-4-2-1-3-5-6/h7-13,16,18-20,23,28H,14-15,17H2,1-6H3;1-5,7,9H,(H,10,11)/t23-;7-/m10/s1. The second kappa shape index (κ2) is 16.7. The summed E-state index contributed by atoms with van der Waals surface area (Å²) in [6.45, 7) is 13.4. The molecule has 0 heterocycles. The summed E-state index contributed by atoms with van der Waals surface area (Å²) in [6.07, 6.45) is -0.516. The van der Waals surface area contributed by atoms with Gasteiger partial charge in [0.15, 0.2) is 6.10 Å². The van der Waals surface area contributed by atoms with Gasteiger partial charge in [-0.1, -0.05) is 80.6 Å². The van der Waals surface area contributed by atoms with Crippen LogP contribution in [-0.2, 0) is 16.2 Å². The van der Waals surface area contributed by atoms with E-state index in [4.69, 9.17) is 14.9 Å². The van der Waals surface area contributed by atoms with Crippen LogP contribution >= 0.6 is 0 Å². The molecule has 2 atom stereocenters. The molecule has 3 aromatic carbocycles. The fraction of sp³-hybridized carbons (Fsp3) is 0.412. The first-order valence-corrected chi connectivity index (χ1v) is 14.2. The minimum atomic E-state index is -1.41. The van der Waals surface area contributed by atoms with Gasteiger partial charge in [-0.05, 0) is 69.5 Å². The number of rotatable bonds is 12. The van der Waals surface area contributed by atoms with E-state index in [1.54, 1.807) is 30.3 Å². The first-order valence-electron chi connectivity index (χ1n) is 14.2. The van der Waals surface area contributed by atoms with Crippen LogP contribution in [0.1, 0.15) is 82.2 Å². The summed E-state index contributed by atoms with van der Waals surface area (Å²) >= 11 is 0. The molecular formula is C34H45NO6. The number of carbonyl (C=O) groups excluding carboxylic acids is 1. The minimum Gasteiger partial charge on any atom is -0.479 e. The molecule has 0 saturated carbocycles. The van der Waals surface area contributed by atoms with Gasteiger partial charge in [-0.3, -0.25) is 9.69 Å². The molecule has 41 heavy (non-hydrogen) atoms. The lowest BCUT2D eigenvalue weighted by Gasteiger charge is -2.32. The Hall–Kier alpha value is -3.52. The van der Waals surface area contributed by atoms with E-state index < -0.39 is 12.1 Å². The van der Waals surface area contributed by atoms with Crippen molar-refractivity contribution < 1.29 is 29.6 Å². The molecule has 0 spiro atoms. The number of carbonyl (C=O) groups is 2. The van der Waals surface area contributed by atoms with Crippen molar-refractivity contribution in [1.82, 2.24) is 4.90 Å². The Balaban J connectivity index is 0.000000446. The number of carboxylic acids is 1. The van der Waals surface area contributed by atoms with Crippen LogP contribution in [0.25, 0.3) is 0 Å². The Morgan fingerprint density at radius 2 is 1.34 bits per heavy atom. The Bertz CT molecular complexity index is 1200. The molecule has 0 fully saturated rings. The Morgan fingerprint density at radius 3 is 1.80 bits per heavy atom. The number of hydrogen-bond acceptors (Lipinski definition) is 6. The van der Waals surface area contributed by atoms with E-state index in [-0.39, 0.29) is 24.4 Å². The van der Waals surface area contributed by atoms with Crippen LogP contribution in [-0.4, -0.2) is 50.8 Å². The summed E-state index contributed by atoms with van der Waals surface area (Å²) in [7, 11) is 0. The number of hydrogen-bond donors (Lipinski definition) is 3. The van der Waals surface area contributed by atoms with Crippen molar-refractivity contribution in [1.29, 1.82) is 0 Å². The molecule has 0 unspecified atom stereocenters. The molecular weight excluding hydrogens is 518 g/mol. The van der Waals surface area contributed by atoms with Crippen molar-refractivity contribution >= 4 is 11.9 Å². The highest BCUT2D eigenvalue weighted by atomic mass is 16.5. The largest absolute Gasteiger partial charge is 0.479 e. The van der Waals surface area contributed by atoms with Crippen LogP contribution < -0.4 is 4.74 Å². The fourth-order valence-electron chi connectivity index (χ4n) is 4.64. The van der Waals surface area contributed by atoms with Crippen LogP contribution in [0.5, 0.6) is 5.75 Å². The predicted molar refractivity (Wildman–Crippen MR) is 162 cm³/mol. The molecule has 3 N–H and O–H groups in total. The highest BCUT2D eigenvalue weighted by Gasteiger charge is 2.24. The van der Waals surface area contributed by atoms with Crippen LogP contribution in [0.2, 0.25) is 0 Å². The van der Waals surface area contributed by atoms with Crippen molar-refractivity contribution in [3.05, 3.63) is 101 Å². The molecule has 0 amide bonds. The second-order valence-corrected chi connectivity index (χ2v) is 10.9. The number of aliphatic carboxylic acids is 1. The van der Waals surface area contributed by atoms with Gasteiger partial charge >= 0.3 is 11.9 Å². The highest BCUT2D eigenvalue weighted by molar-refractivity contribution is 5.75. The monoisotopic (exact) mass is 563 g/mol. The predicted octanol–water partition coefficient (Wildman–Crippen LogP) is 6.19. The van der Waals surface area contributed by atoms with Crippen LogP contribution in [0.3, 0.4) is 0 Å². The number of ether oxygens (including phenoxy) is 1. The number of carboxylic acid groups (broad SMARTS) is 1. The maximum Gasteiger partial charge on any atom is 0.337 e. The van der Waals surface area contributed by atoms with E-state index >= 15 is 0 Å². The van der Waals surface area contributed by atoms with Gasteiger partial charge < -0.3 is 20.1 Å². The summed E-state index contributed by atoms with van der Waals surface area (Å²) in [5.74, 6) is -1.03. The molecule has 7 nitrogen and oxygen atoms in total. The minimum absolute atomic E-state index is 0.0446. The third kappa shape index (κ3) is 10.4. The van der Waals surface area contributed by atoms with E-state index in [0.29, 0.717) is 23.4 Å². The van der Waals surface area contributed by atoms with Gasteiger partial charge in [0.25, 0.3) is 0 Å². The lowest BCUT2D eigenvalue weighted by Crippen LogP contribution is -2.38. The summed E-state index contributed by atoms with van der Waals surface area (Å²) in [6, 6.07) is 25.1. The molecule has 0 aliphatic carbocycles. The highest BCUT2D eigenvalue weighted by Crippen LogP contribution is 2.36. The Kier molecular flexibility index (Phi) is 13.7. The molecule has 0 bridgehead atoms. The van der Waals surface area contributed by atoms with E-state index in [1.165, 1.54) is 5.56 Å². The van der Waals surface area contributed by atoms with Crippen molar-refractivity contribution in [3.63, 3.8) is 0 Å². The molecule has 0 saturated heterocycles. The van der Waals surface area contributed by atoms with Crippen LogP contribution in [0, 0.1) is 5.92 Å². The third-order valence-electron chi connectivity index (χ3n) is 6.87. The van der Waals surface area contributed by atoms with Crippen LogP contribution in [0.15, 0.2) is 78.9 Å². The van der Waals surface area contributed by atoms with E-state index in [9.17, 15) is 14.7 Å². The molecule has 3 aromatic rings. The zero-order valence-corrected chi connectivity index (χ0v) is 25.0. The Labute approximate surface area is 244 Å². The first-order chi connectivity index (χ1) is 19.5. The average molecular weight is 564 g/mol. The SMILES string of the molecule is CC(C)C(=O)Oc1ccc(CO)cc1[C@H](CCN(C(C)C)C(C)C)c1ccccc1.O=C(O)[C@@H](O)c1ccccc1. The summed E-state index contributed by atoms with van der Waals surface area (Å²) in [4.78, 5) is 25.1. The summed E-state index contributed by atoms with van der Waals surface area (Å²) in [5.41, 5.74) is 3.36. The zero-order chi connectivity index (χ0) is 30.5. The number of esters is 1. The molecule has 222 valence electrons. The number of aliphatic hydroxyl groups excluding tert-OH is 2. The van der Waals surface area contributed by atoms with E-state index in [2.05, 4.69) is 44.7 Å². The maximum atomic E-state index is 12.3. The average Bonchev–Trinajstić information content (AvgIpc) is 2.96. The quantitative estimate of drug-likeness (QED) is 0.178. The zero-order valence-electron chi connectivity index (χ0n) is 25.0. The number of nitrogens with zero attached hydrogens (tertiary/aromatic N) is 1. The van der Waals surface area contributed by atoms with E-state index in [0.717, 1.165) is 24.1 Å². The molecule has 0 aliphatic heterocycles. The summed E-state index contributed by atoms with van der Waals surface area (Å²) in [5, 5.41) is 27.1. The molecule has 0 radical (unpaired) electrons.